The van der Waals surface area contributed by atoms with Gasteiger partial charge in [0.05, 0.1) is 18.6 Å². The average Bonchev–Trinajstić information content (AvgIpc) is 3.56. The molecule has 0 fully saturated rings. The summed E-state index contributed by atoms with van der Waals surface area (Å²) in [6.45, 7) is 4.70. The lowest BCUT2D eigenvalue weighted by molar-refractivity contribution is 0.397. The number of nitrogens with zero attached hydrogens (tertiary/aromatic N) is 4. The van der Waals surface area contributed by atoms with Crippen LogP contribution in [-0.4, -0.2) is 19.9 Å². The van der Waals surface area contributed by atoms with E-state index in [0.717, 1.165) is 44.9 Å². The number of aryl methyl sites for hydroxylation is 2. The number of thioether (sulfide) groups is 1. The van der Waals surface area contributed by atoms with Crippen LogP contribution in [0.2, 0.25) is 0 Å². The van der Waals surface area contributed by atoms with Gasteiger partial charge in [0, 0.05) is 17.2 Å². The van der Waals surface area contributed by atoms with Crippen molar-refractivity contribution in [1.29, 1.82) is 0 Å². The fraction of sp³-hybridized carbons (Fsp3) is 0.160. The topological polar surface area (TPSA) is 69.9 Å². The average molecular weight is 443 g/mol. The van der Waals surface area contributed by atoms with Crippen LogP contribution in [0.25, 0.3) is 22.6 Å². The van der Waals surface area contributed by atoms with Gasteiger partial charge >= 0.3 is 0 Å². The third-order valence-electron chi connectivity index (χ3n) is 5.25. The molecule has 0 unspecified atom stereocenters. The molecule has 5 rings (SSSR count). The van der Waals surface area contributed by atoms with Crippen LogP contribution < -0.4 is 0 Å². The number of hydrogen-bond acceptors (Lipinski definition) is 6. The van der Waals surface area contributed by atoms with Gasteiger partial charge in [0.1, 0.15) is 17.2 Å². The molecule has 2 aromatic carbocycles. The van der Waals surface area contributed by atoms with Crippen molar-refractivity contribution in [3.05, 3.63) is 95.6 Å². The molecule has 160 valence electrons. The lowest BCUT2D eigenvalue weighted by Gasteiger charge is -2.10. The zero-order valence-electron chi connectivity index (χ0n) is 17.9. The Balaban J connectivity index is 1.40. The van der Waals surface area contributed by atoms with E-state index in [2.05, 4.69) is 70.2 Å². The molecule has 0 atom stereocenters. The third kappa shape index (κ3) is 4.24. The van der Waals surface area contributed by atoms with E-state index in [1.165, 1.54) is 5.56 Å². The van der Waals surface area contributed by atoms with E-state index in [-0.39, 0.29) is 0 Å². The van der Waals surface area contributed by atoms with Crippen molar-refractivity contribution < 1.29 is 8.94 Å². The van der Waals surface area contributed by atoms with Crippen molar-refractivity contribution >= 4 is 11.8 Å². The monoisotopic (exact) mass is 442 g/mol. The van der Waals surface area contributed by atoms with Gasteiger partial charge in [0.2, 0.25) is 0 Å². The van der Waals surface area contributed by atoms with Crippen molar-refractivity contribution in [2.75, 3.05) is 0 Å². The third-order valence-corrected chi connectivity index (χ3v) is 6.24. The molecule has 32 heavy (non-hydrogen) atoms. The van der Waals surface area contributed by atoms with E-state index in [4.69, 9.17) is 8.94 Å². The molecule has 3 heterocycles. The molecule has 0 aliphatic rings. The largest absolute Gasteiger partial charge is 0.467 e. The molecule has 0 aliphatic heterocycles. The maximum atomic E-state index is 5.59. The first kappa shape index (κ1) is 20.3. The van der Waals surface area contributed by atoms with E-state index >= 15 is 0 Å². The summed E-state index contributed by atoms with van der Waals surface area (Å²) in [7, 11) is 0. The Morgan fingerprint density at radius 3 is 2.53 bits per heavy atom. The van der Waals surface area contributed by atoms with Crippen LogP contribution in [-0.2, 0) is 12.3 Å². The van der Waals surface area contributed by atoms with Crippen LogP contribution in [0.5, 0.6) is 0 Å². The molecule has 6 nitrogen and oxygen atoms in total. The van der Waals surface area contributed by atoms with Crippen LogP contribution in [0, 0.1) is 13.8 Å². The molecule has 0 saturated heterocycles. The Kier molecular flexibility index (Phi) is 5.64. The molecular formula is C25H22N4O2S. The van der Waals surface area contributed by atoms with E-state index < -0.39 is 0 Å². The number of hydrogen-bond donors (Lipinski definition) is 0. The van der Waals surface area contributed by atoms with E-state index in [0.29, 0.717) is 12.3 Å². The minimum Gasteiger partial charge on any atom is -0.467 e. The fourth-order valence-electron chi connectivity index (χ4n) is 3.50. The van der Waals surface area contributed by atoms with Gasteiger partial charge in [0.15, 0.2) is 11.0 Å². The maximum Gasteiger partial charge on any atom is 0.192 e. The van der Waals surface area contributed by atoms with Crippen LogP contribution in [0.15, 0.2) is 87.1 Å². The highest BCUT2D eigenvalue weighted by molar-refractivity contribution is 7.98. The quantitative estimate of drug-likeness (QED) is 0.282. The SMILES string of the molecule is Cc1ccc(-c2cc(CSc3nnc(-c4ccccc4C)n3Cc3ccco3)on2)cc1. The zero-order chi connectivity index (χ0) is 21.9. The molecular weight excluding hydrogens is 420 g/mol. The summed E-state index contributed by atoms with van der Waals surface area (Å²) >= 11 is 1.57. The normalized spacial score (nSPS) is 11.2. The minimum atomic E-state index is 0.553. The maximum absolute atomic E-state index is 5.59. The molecule has 7 heteroatoms. The minimum absolute atomic E-state index is 0.553. The highest BCUT2D eigenvalue weighted by Crippen LogP contribution is 2.30. The molecule has 0 amide bonds. The Labute approximate surface area is 190 Å². The lowest BCUT2D eigenvalue weighted by atomic mass is 10.1. The predicted octanol–water partition coefficient (Wildman–Crippen LogP) is 6.15. The van der Waals surface area contributed by atoms with E-state index in [9.17, 15) is 0 Å². The summed E-state index contributed by atoms with van der Waals surface area (Å²) in [5, 5.41) is 14.0. The second-order valence-electron chi connectivity index (χ2n) is 7.62. The van der Waals surface area contributed by atoms with Crippen molar-refractivity contribution in [1.82, 2.24) is 19.9 Å². The second-order valence-corrected chi connectivity index (χ2v) is 8.56. The zero-order valence-corrected chi connectivity index (χ0v) is 18.7. The van der Waals surface area contributed by atoms with E-state index in [1.54, 1.807) is 18.0 Å². The van der Waals surface area contributed by atoms with Crippen LogP contribution >= 0.6 is 11.8 Å². The second kappa shape index (κ2) is 8.88. The molecule has 0 aliphatic carbocycles. The highest BCUT2D eigenvalue weighted by Gasteiger charge is 2.18. The Morgan fingerprint density at radius 2 is 1.75 bits per heavy atom. The summed E-state index contributed by atoms with van der Waals surface area (Å²) < 4.78 is 13.3. The molecule has 0 spiro atoms. The van der Waals surface area contributed by atoms with Crippen molar-refractivity contribution in [3.63, 3.8) is 0 Å². The van der Waals surface area contributed by atoms with E-state index in [1.807, 2.05) is 30.3 Å². The first-order valence-electron chi connectivity index (χ1n) is 10.3. The molecule has 3 aromatic heterocycles. The number of benzene rings is 2. The van der Waals surface area contributed by atoms with Gasteiger partial charge in [-0.2, -0.15) is 0 Å². The summed E-state index contributed by atoms with van der Waals surface area (Å²) in [6.07, 6.45) is 1.68. The van der Waals surface area contributed by atoms with Crippen molar-refractivity contribution in [3.8, 4) is 22.6 Å². The molecule has 0 bridgehead atoms. The first-order chi connectivity index (χ1) is 15.7. The van der Waals surface area contributed by atoms with Crippen LogP contribution in [0.4, 0.5) is 0 Å². The summed E-state index contributed by atoms with van der Waals surface area (Å²) in [5.74, 6) is 3.06. The van der Waals surface area contributed by atoms with Crippen molar-refractivity contribution in [2.45, 2.75) is 31.3 Å². The molecule has 5 aromatic rings. The summed E-state index contributed by atoms with van der Waals surface area (Å²) in [5.41, 5.74) is 5.29. The lowest BCUT2D eigenvalue weighted by Crippen LogP contribution is -2.04. The van der Waals surface area contributed by atoms with Gasteiger partial charge in [-0.1, -0.05) is 71.0 Å². The Hall–Kier alpha value is -3.58. The molecule has 0 N–H and O–H groups in total. The number of aromatic nitrogens is 4. The number of furan rings is 1. The van der Waals surface area contributed by atoms with Gasteiger partial charge in [-0.3, -0.25) is 4.57 Å². The first-order valence-corrected chi connectivity index (χ1v) is 11.3. The van der Waals surface area contributed by atoms with Crippen LogP contribution in [0.3, 0.4) is 0 Å². The van der Waals surface area contributed by atoms with Gasteiger partial charge in [-0.15, -0.1) is 10.2 Å². The standard InChI is InChI=1S/C25H22N4O2S/c1-17-9-11-19(12-10-17)23-14-21(31-28-23)16-32-25-27-26-24(22-8-4-3-6-18(22)2)29(25)15-20-7-5-13-30-20/h3-14H,15-16H2,1-2H3. The summed E-state index contributed by atoms with van der Waals surface area (Å²) in [4.78, 5) is 0. The predicted molar refractivity (Wildman–Crippen MR) is 124 cm³/mol. The smallest absolute Gasteiger partial charge is 0.192 e. The van der Waals surface area contributed by atoms with Gasteiger partial charge in [-0.05, 0) is 31.5 Å². The Bertz CT molecular complexity index is 1320. The number of rotatable bonds is 7. The fourth-order valence-corrected chi connectivity index (χ4v) is 4.31. The molecule has 0 saturated carbocycles. The highest BCUT2D eigenvalue weighted by atomic mass is 32.2. The summed E-state index contributed by atoms with van der Waals surface area (Å²) in [6, 6.07) is 22.3. The van der Waals surface area contributed by atoms with Crippen molar-refractivity contribution in [2.24, 2.45) is 0 Å². The van der Waals surface area contributed by atoms with Crippen LogP contribution in [0.1, 0.15) is 22.6 Å². The van der Waals surface area contributed by atoms with Gasteiger partial charge < -0.3 is 8.94 Å². The molecule has 0 radical (unpaired) electrons. The van der Waals surface area contributed by atoms with Gasteiger partial charge in [0.25, 0.3) is 0 Å². The van der Waals surface area contributed by atoms with Gasteiger partial charge in [-0.25, -0.2) is 0 Å². The Morgan fingerprint density at radius 1 is 0.906 bits per heavy atom.